The second kappa shape index (κ2) is 7.15. The van der Waals surface area contributed by atoms with Crippen molar-refractivity contribution >= 4 is 6.08 Å². The summed E-state index contributed by atoms with van der Waals surface area (Å²) in [7, 11) is 1.66. The van der Waals surface area contributed by atoms with E-state index in [2.05, 4.69) is 5.32 Å². The van der Waals surface area contributed by atoms with Crippen LogP contribution in [-0.2, 0) is 4.74 Å². The molecule has 0 aliphatic carbocycles. The molecule has 1 aromatic rings. The predicted octanol–water partition coefficient (Wildman–Crippen LogP) is 2.07. The van der Waals surface area contributed by atoms with E-state index in [0.29, 0.717) is 12.2 Å². The molecule has 15 heavy (non-hydrogen) atoms. The van der Waals surface area contributed by atoms with Crippen LogP contribution in [-0.4, -0.2) is 26.8 Å². The second-order valence-corrected chi connectivity index (χ2v) is 3.12. The maximum atomic E-state index is 13.1. The average Bonchev–Trinajstić information content (AvgIpc) is 2.25. The number of methoxy groups -OCH3 is 1. The van der Waals surface area contributed by atoms with Crippen molar-refractivity contribution in [2.75, 3.05) is 26.8 Å². The van der Waals surface area contributed by atoms with Crippen LogP contribution in [0.1, 0.15) is 5.56 Å². The van der Waals surface area contributed by atoms with E-state index in [9.17, 15) is 4.39 Å². The minimum Gasteiger partial charge on any atom is -0.383 e. The highest BCUT2D eigenvalue weighted by atomic mass is 19.1. The van der Waals surface area contributed by atoms with E-state index in [-0.39, 0.29) is 5.82 Å². The number of halogens is 1. The van der Waals surface area contributed by atoms with Gasteiger partial charge in [0.2, 0.25) is 0 Å². The van der Waals surface area contributed by atoms with Crippen LogP contribution in [0, 0.1) is 5.82 Å². The normalized spacial score (nSPS) is 11.1. The molecule has 1 N–H and O–H groups in total. The van der Waals surface area contributed by atoms with Crippen molar-refractivity contribution < 1.29 is 9.13 Å². The third-order valence-electron chi connectivity index (χ3n) is 1.95. The lowest BCUT2D eigenvalue weighted by molar-refractivity contribution is 0.200. The summed E-state index contributed by atoms with van der Waals surface area (Å²) in [5, 5.41) is 3.14. The Hall–Kier alpha value is -1.19. The quantitative estimate of drug-likeness (QED) is 0.724. The zero-order chi connectivity index (χ0) is 10.9. The van der Waals surface area contributed by atoms with Crippen molar-refractivity contribution in [2.24, 2.45) is 0 Å². The van der Waals surface area contributed by atoms with Crippen molar-refractivity contribution in [3.05, 3.63) is 41.7 Å². The Morgan fingerprint density at radius 2 is 2.20 bits per heavy atom. The molecule has 2 nitrogen and oxygen atoms in total. The van der Waals surface area contributed by atoms with E-state index in [4.69, 9.17) is 4.74 Å². The first-order valence-corrected chi connectivity index (χ1v) is 4.95. The molecule has 0 aliphatic rings. The highest BCUT2D eigenvalue weighted by Gasteiger charge is 1.93. The van der Waals surface area contributed by atoms with Gasteiger partial charge in [0.05, 0.1) is 6.61 Å². The monoisotopic (exact) mass is 209 g/mol. The molecule has 0 aromatic heterocycles. The van der Waals surface area contributed by atoms with Crippen LogP contribution in [0.2, 0.25) is 0 Å². The van der Waals surface area contributed by atoms with Gasteiger partial charge >= 0.3 is 0 Å². The van der Waals surface area contributed by atoms with Gasteiger partial charge in [0, 0.05) is 25.8 Å². The molecule has 0 amide bonds. The fraction of sp³-hybridized carbons (Fsp3) is 0.333. The molecular weight excluding hydrogens is 193 g/mol. The summed E-state index contributed by atoms with van der Waals surface area (Å²) in [5.41, 5.74) is 0.617. The smallest absolute Gasteiger partial charge is 0.130 e. The first kappa shape index (κ1) is 11.9. The first-order chi connectivity index (χ1) is 7.34. The summed E-state index contributed by atoms with van der Waals surface area (Å²) in [6.07, 6.45) is 3.67. The van der Waals surface area contributed by atoms with Gasteiger partial charge in [-0.1, -0.05) is 30.4 Å². The molecule has 0 atom stereocenters. The second-order valence-electron chi connectivity index (χ2n) is 3.12. The lowest BCUT2D eigenvalue weighted by Crippen LogP contribution is -2.18. The molecule has 0 unspecified atom stereocenters. The molecule has 1 aromatic carbocycles. The van der Waals surface area contributed by atoms with Gasteiger partial charge in [-0.3, -0.25) is 0 Å². The maximum absolute atomic E-state index is 13.1. The van der Waals surface area contributed by atoms with Crippen LogP contribution in [0.25, 0.3) is 6.08 Å². The van der Waals surface area contributed by atoms with Crippen LogP contribution >= 0.6 is 0 Å². The fourth-order valence-electron chi connectivity index (χ4n) is 1.16. The Labute approximate surface area is 89.8 Å². The lowest BCUT2D eigenvalue weighted by atomic mass is 10.2. The molecule has 0 bridgehead atoms. The van der Waals surface area contributed by atoms with Crippen LogP contribution in [0.5, 0.6) is 0 Å². The molecule has 0 saturated heterocycles. The van der Waals surface area contributed by atoms with Crippen molar-refractivity contribution in [2.45, 2.75) is 0 Å². The zero-order valence-electron chi connectivity index (χ0n) is 8.87. The fourth-order valence-corrected chi connectivity index (χ4v) is 1.16. The Morgan fingerprint density at radius 3 is 2.93 bits per heavy atom. The SMILES string of the molecule is COCCNCC=Cc1ccccc1F. The van der Waals surface area contributed by atoms with Gasteiger partial charge in [-0.15, -0.1) is 0 Å². The Balaban J connectivity index is 2.29. The lowest BCUT2D eigenvalue weighted by Gasteiger charge is -1.99. The molecule has 0 heterocycles. The molecule has 0 spiro atoms. The van der Waals surface area contributed by atoms with Crippen LogP contribution in [0.15, 0.2) is 30.3 Å². The number of hydrogen-bond donors (Lipinski definition) is 1. The van der Waals surface area contributed by atoms with E-state index < -0.39 is 0 Å². The van der Waals surface area contributed by atoms with Crippen molar-refractivity contribution in [1.82, 2.24) is 5.32 Å². The number of benzene rings is 1. The van der Waals surface area contributed by atoms with Crippen molar-refractivity contribution in [3.8, 4) is 0 Å². The van der Waals surface area contributed by atoms with Gasteiger partial charge in [0.1, 0.15) is 5.82 Å². The van der Waals surface area contributed by atoms with Gasteiger partial charge in [-0.25, -0.2) is 4.39 Å². The van der Waals surface area contributed by atoms with Gasteiger partial charge in [-0.05, 0) is 6.07 Å². The standard InChI is InChI=1S/C12H16FNO/c1-15-10-9-14-8-4-6-11-5-2-3-7-12(11)13/h2-7,14H,8-10H2,1H3. The minimum atomic E-state index is -0.189. The Bertz CT molecular complexity index is 312. The topological polar surface area (TPSA) is 21.3 Å². The molecule has 82 valence electrons. The van der Waals surface area contributed by atoms with Gasteiger partial charge in [0.25, 0.3) is 0 Å². The highest BCUT2D eigenvalue weighted by Crippen LogP contribution is 2.07. The Kier molecular flexibility index (Phi) is 5.66. The van der Waals surface area contributed by atoms with Gasteiger partial charge in [0.15, 0.2) is 0 Å². The van der Waals surface area contributed by atoms with E-state index in [1.807, 2.05) is 12.1 Å². The van der Waals surface area contributed by atoms with Gasteiger partial charge < -0.3 is 10.1 Å². The van der Waals surface area contributed by atoms with Crippen LogP contribution < -0.4 is 5.32 Å². The van der Waals surface area contributed by atoms with Crippen LogP contribution in [0.3, 0.4) is 0 Å². The molecule has 0 aliphatic heterocycles. The Morgan fingerprint density at radius 1 is 1.40 bits per heavy atom. The third kappa shape index (κ3) is 4.72. The van der Waals surface area contributed by atoms with Gasteiger partial charge in [-0.2, -0.15) is 0 Å². The largest absolute Gasteiger partial charge is 0.383 e. The third-order valence-corrected chi connectivity index (χ3v) is 1.95. The first-order valence-electron chi connectivity index (χ1n) is 4.95. The molecule has 0 radical (unpaired) electrons. The van der Waals surface area contributed by atoms with Crippen LogP contribution in [0.4, 0.5) is 4.39 Å². The summed E-state index contributed by atoms with van der Waals surface area (Å²) in [4.78, 5) is 0. The molecule has 3 heteroatoms. The van der Waals surface area contributed by atoms with E-state index >= 15 is 0 Å². The molecule has 1 rings (SSSR count). The van der Waals surface area contributed by atoms with Crippen molar-refractivity contribution in [3.63, 3.8) is 0 Å². The molecule has 0 saturated carbocycles. The summed E-state index contributed by atoms with van der Waals surface area (Å²) < 4.78 is 18.0. The predicted molar refractivity (Wildman–Crippen MR) is 60.2 cm³/mol. The summed E-state index contributed by atoms with van der Waals surface area (Å²) >= 11 is 0. The summed E-state index contributed by atoms with van der Waals surface area (Å²) in [5.74, 6) is -0.189. The minimum absolute atomic E-state index is 0.189. The highest BCUT2D eigenvalue weighted by molar-refractivity contribution is 5.49. The zero-order valence-corrected chi connectivity index (χ0v) is 8.87. The number of ether oxygens (including phenoxy) is 1. The molecular formula is C12H16FNO. The van der Waals surface area contributed by atoms with Crippen molar-refractivity contribution in [1.29, 1.82) is 0 Å². The van der Waals surface area contributed by atoms with E-state index in [1.165, 1.54) is 6.07 Å². The van der Waals surface area contributed by atoms with E-state index in [1.54, 1.807) is 25.3 Å². The summed E-state index contributed by atoms with van der Waals surface area (Å²) in [6.45, 7) is 2.21. The number of rotatable bonds is 6. The molecule has 0 fully saturated rings. The maximum Gasteiger partial charge on any atom is 0.130 e. The number of hydrogen-bond acceptors (Lipinski definition) is 2. The summed E-state index contributed by atoms with van der Waals surface area (Å²) in [6, 6.07) is 6.71. The van der Waals surface area contributed by atoms with E-state index in [0.717, 1.165) is 13.1 Å². The average molecular weight is 209 g/mol. The number of nitrogens with one attached hydrogen (secondary N) is 1.